The van der Waals surface area contributed by atoms with Crippen LogP contribution in [0.25, 0.3) is 0 Å². The average molecular weight is 427 g/mol. The van der Waals surface area contributed by atoms with Gasteiger partial charge < -0.3 is 5.32 Å². The van der Waals surface area contributed by atoms with Crippen molar-refractivity contribution < 1.29 is 13.2 Å². The van der Waals surface area contributed by atoms with E-state index in [4.69, 9.17) is 11.6 Å². The zero-order valence-corrected chi connectivity index (χ0v) is 17.3. The lowest BCUT2D eigenvalue weighted by molar-refractivity contribution is -0.126. The van der Waals surface area contributed by atoms with E-state index in [1.807, 2.05) is 24.3 Å². The van der Waals surface area contributed by atoms with Gasteiger partial charge in [-0.1, -0.05) is 29.8 Å². The molecule has 0 radical (unpaired) electrons. The Morgan fingerprint density at radius 3 is 2.74 bits per heavy atom. The van der Waals surface area contributed by atoms with Crippen molar-refractivity contribution in [1.29, 1.82) is 0 Å². The summed E-state index contributed by atoms with van der Waals surface area (Å²) in [5.74, 6) is -0.346. The van der Waals surface area contributed by atoms with E-state index in [-0.39, 0.29) is 18.4 Å². The van der Waals surface area contributed by atoms with E-state index < -0.39 is 10.0 Å². The molecule has 1 aliphatic heterocycles. The van der Waals surface area contributed by atoms with E-state index >= 15 is 0 Å². The van der Waals surface area contributed by atoms with Gasteiger partial charge in [-0.3, -0.25) is 4.79 Å². The Morgan fingerprint density at radius 1 is 1.26 bits per heavy atom. The van der Waals surface area contributed by atoms with Crippen LogP contribution < -0.4 is 5.32 Å². The van der Waals surface area contributed by atoms with E-state index in [0.717, 1.165) is 19.3 Å². The molecule has 5 nitrogen and oxygen atoms in total. The van der Waals surface area contributed by atoms with E-state index in [1.165, 1.54) is 21.2 Å². The maximum atomic E-state index is 12.7. The molecule has 1 N–H and O–H groups in total. The smallest absolute Gasteiger partial charge is 0.252 e. The van der Waals surface area contributed by atoms with Crippen molar-refractivity contribution in [3.05, 3.63) is 52.4 Å². The Morgan fingerprint density at radius 2 is 2.04 bits per heavy atom. The molecule has 0 aliphatic carbocycles. The summed E-state index contributed by atoms with van der Waals surface area (Å²) >= 11 is 7.08. The van der Waals surface area contributed by atoms with Gasteiger partial charge in [0.05, 0.1) is 5.92 Å². The topological polar surface area (TPSA) is 66.5 Å². The standard InChI is InChI=1S/C19H23ClN2O3S2/c20-17-9-7-15(8-10-17)4-1-11-21-19(23)16-5-2-12-22(14-16)27(24,25)18-6-3-13-26-18/h3,6-10,13,16H,1-2,4-5,11-12,14H2,(H,21,23)/t16-/m1/s1. The summed E-state index contributed by atoms with van der Waals surface area (Å²) in [4.78, 5) is 12.5. The third-order valence-electron chi connectivity index (χ3n) is 4.70. The average Bonchev–Trinajstić information content (AvgIpc) is 3.22. The Hall–Kier alpha value is -1.41. The Bertz CT molecular complexity index is 852. The van der Waals surface area contributed by atoms with Crippen LogP contribution in [0.15, 0.2) is 46.0 Å². The lowest BCUT2D eigenvalue weighted by atomic mass is 9.99. The summed E-state index contributed by atoms with van der Waals surface area (Å²) in [6, 6.07) is 11.0. The number of sulfonamides is 1. The molecule has 1 saturated heterocycles. The third kappa shape index (κ3) is 5.31. The summed E-state index contributed by atoms with van der Waals surface area (Å²) in [5.41, 5.74) is 1.18. The van der Waals surface area contributed by atoms with Gasteiger partial charge in [0.15, 0.2) is 0 Å². The predicted octanol–water partition coefficient (Wildman–Crippen LogP) is 3.55. The lowest BCUT2D eigenvalue weighted by Crippen LogP contribution is -2.45. The molecule has 2 aromatic rings. The fraction of sp³-hybridized carbons (Fsp3) is 0.421. The first-order chi connectivity index (χ1) is 13.0. The number of aryl methyl sites for hydroxylation is 1. The van der Waals surface area contributed by atoms with Crippen molar-refractivity contribution in [3.8, 4) is 0 Å². The van der Waals surface area contributed by atoms with Crippen LogP contribution in [0, 0.1) is 5.92 Å². The van der Waals surface area contributed by atoms with E-state index in [1.54, 1.807) is 17.5 Å². The number of piperidine rings is 1. The minimum atomic E-state index is -3.49. The number of carbonyl (C=O) groups excluding carboxylic acids is 1. The molecule has 0 bridgehead atoms. The minimum absolute atomic E-state index is 0.0582. The molecule has 27 heavy (non-hydrogen) atoms. The monoisotopic (exact) mass is 426 g/mol. The largest absolute Gasteiger partial charge is 0.356 e. The number of nitrogens with zero attached hydrogens (tertiary/aromatic N) is 1. The SMILES string of the molecule is O=C(NCCCc1ccc(Cl)cc1)[C@@H]1CCCN(S(=O)(=O)c2cccs2)C1. The maximum Gasteiger partial charge on any atom is 0.252 e. The number of amides is 1. The number of thiophene rings is 1. The number of hydrogen-bond donors (Lipinski definition) is 1. The van der Waals surface area contributed by atoms with Crippen LogP contribution in [0.4, 0.5) is 0 Å². The van der Waals surface area contributed by atoms with Gasteiger partial charge in [0.25, 0.3) is 10.0 Å². The number of nitrogens with one attached hydrogen (secondary N) is 1. The summed E-state index contributed by atoms with van der Waals surface area (Å²) in [5, 5.41) is 5.42. The first-order valence-electron chi connectivity index (χ1n) is 9.02. The van der Waals surface area contributed by atoms with E-state index in [0.29, 0.717) is 28.7 Å². The molecule has 1 amide bonds. The molecular formula is C19H23ClN2O3S2. The van der Waals surface area contributed by atoms with Crippen LogP contribution in [0.3, 0.4) is 0 Å². The number of benzene rings is 1. The summed E-state index contributed by atoms with van der Waals surface area (Å²) < 4.78 is 27.1. The molecule has 1 aromatic heterocycles. The van der Waals surface area contributed by atoms with Gasteiger partial charge in [-0.2, -0.15) is 4.31 Å². The first-order valence-corrected chi connectivity index (χ1v) is 11.7. The molecule has 3 rings (SSSR count). The summed E-state index contributed by atoms with van der Waals surface area (Å²) in [6.07, 6.45) is 3.12. The second-order valence-electron chi connectivity index (χ2n) is 6.66. The van der Waals surface area contributed by atoms with Crippen LogP contribution in [-0.4, -0.2) is 38.3 Å². The Balaban J connectivity index is 1.47. The number of halogens is 1. The van der Waals surface area contributed by atoms with Crippen LogP contribution in [-0.2, 0) is 21.2 Å². The highest BCUT2D eigenvalue weighted by molar-refractivity contribution is 7.91. The van der Waals surface area contributed by atoms with Crippen molar-refractivity contribution in [1.82, 2.24) is 9.62 Å². The first kappa shape index (κ1) is 20.3. The van der Waals surface area contributed by atoms with Gasteiger partial charge in [-0.25, -0.2) is 8.42 Å². The lowest BCUT2D eigenvalue weighted by Gasteiger charge is -2.30. The Kier molecular flexibility index (Phi) is 6.92. The highest BCUT2D eigenvalue weighted by Gasteiger charge is 2.33. The molecule has 1 atom stereocenters. The molecule has 1 fully saturated rings. The van der Waals surface area contributed by atoms with Crippen LogP contribution in [0.1, 0.15) is 24.8 Å². The molecule has 0 unspecified atom stereocenters. The van der Waals surface area contributed by atoms with Crippen molar-refractivity contribution in [2.24, 2.45) is 5.92 Å². The molecular weight excluding hydrogens is 404 g/mol. The molecule has 146 valence electrons. The molecule has 0 saturated carbocycles. The zero-order valence-electron chi connectivity index (χ0n) is 14.9. The normalized spacial score (nSPS) is 18.3. The van der Waals surface area contributed by atoms with Gasteiger partial charge >= 0.3 is 0 Å². The van der Waals surface area contributed by atoms with Crippen molar-refractivity contribution in [2.75, 3.05) is 19.6 Å². The van der Waals surface area contributed by atoms with Gasteiger partial charge in [-0.05, 0) is 54.8 Å². The zero-order chi connectivity index (χ0) is 19.3. The third-order valence-corrected chi connectivity index (χ3v) is 8.19. The maximum absolute atomic E-state index is 12.7. The minimum Gasteiger partial charge on any atom is -0.356 e. The molecule has 8 heteroatoms. The quantitative estimate of drug-likeness (QED) is 0.688. The summed E-state index contributed by atoms with van der Waals surface area (Å²) in [7, 11) is -3.49. The van der Waals surface area contributed by atoms with E-state index in [9.17, 15) is 13.2 Å². The fourth-order valence-corrected chi connectivity index (χ4v) is 6.01. The van der Waals surface area contributed by atoms with Gasteiger partial charge in [0.1, 0.15) is 4.21 Å². The predicted molar refractivity (Wildman–Crippen MR) is 109 cm³/mol. The summed E-state index contributed by atoms with van der Waals surface area (Å²) in [6.45, 7) is 1.31. The van der Waals surface area contributed by atoms with Crippen LogP contribution >= 0.6 is 22.9 Å². The van der Waals surface area contributed by atoms with Gasteiger partial charge in [-0.15, -0.1) is 11.3 Å². The molecule has 1 aliphatic rings. The highest BCUT2D eigenvalue weighted by Crippen LogP contribution is 2.26. The highest BCUT2D eigenvalue weighted by atomic mass is 35.5. The fourth-order valence-electron chi connectivity index (χ4n) is 3.21. The van der Waals surface area contributed by atoms with Crippen LogP contribution in [0.2, 0.25) is 5.02 Å². The Labute approximate surface area is 169 Å². The van der Waals surface area contributed by atoms with Crippen molar-refractivity contribution >= 4 is 38.9 Å². The molecule has 2 heterocycles. The number of rotatable bonds is 7. The molecule has 0 spiro atoms. The number of hydrogen-bond acceptors (Lipinski definition) is 4. The van der Waals surface area contributed by atoms with Crippen molar-refractivity contribution in [3.63, 3.8) is 0 Å². The van der Waals surface area contributed by atoms with E-state index in [2.05, 4.69) is 5.32 Å². The van der Waals surface area contributed by atoms with Crippen LogP contribution in [0.5, 0.6) is 0 Å². The van der Waals surface area contributed by atoms with Gasteiger partial charge in [0.2, 0.25) is 5.91 Å². The van der Waals surface area contributed by atoms with Gasteiger partial charge in [0, 0.05) is 24.7 Å². The van der Waals surface area contributed by atoms with Crippen molar-refractivity contribution in [2.45, 2.75) is 29.9 Å². The second-order valence-corrected chi connectivity index (χ2v) is 10.2. The number of carbonyl (C=O) groups is 1. The molecule has 1 aromatic carbocycles. The second kappa shape index (κ2) is 9.19.